The van der Waals surface area contributed by atoms with Gasteiger partial charge in [-0.3, -0.25) is 9.59 Å². The number of carbonyl (C=O) groups excluding carboxylic acids is 2. The van der Waals surface area contributed by atoms with Gasteiger partial charge in [-0.05, 0) is 48.3 Å². The molecule has 1 aliphatic carbocycles. The second kappa shape index (κ2) is 6.88. The summed E-state index contributed by atoms with van der Waals surface area (Å²) < 4.78 is 0. The first-order chi connectivity index (χ1) is 12.6. The minimum absolute atomic E-state index is 0.167. The van der Waals surface area contributed by atoms with Crippen LogP contribution in [0.25, 0.3) is 10.4 Å². The summed E-state index contributed by atoms with van der Waals surface area (Å²) >= 11 is 1.70. The molecule has 2 aliphatic rings. The highest BCUT2D eigenvalue weighted by Gasteiger charge is 2.46. The van der Waals surface area contributed by atoms with E-state index in [1.54, 1.807) is 11.3 Å². The average Bonchev–Trinajstić information content (AvgIpc) is 3.24. The number of carbonyl (C=O) groups is 2. The van der Waals surface area contributed by atoms with Gasteiger partial charge < -0.3 is 10.6 Å². The summed E-state index contributed by atoms with van der Waals surface area (Å²) in [6.07, 6.45) is 4.37. The van der Waals surface area contributed by atoms with Crippen molar-refractivity contribution >= 4 is 23.2 Å². The molecule has 0 radical (unpaired) electrons. The van der Waals surface area contributed by atoms with Crippen molar-refractivity contribution < 1.29 is 9.59 Å². The van der Waals surface area contributed by atoms with Crippen molar-refractivity contribution in [3.05, 3.63) is 47.3 Å². The number of benzene rings is 1. The van der Waals surface area contributed by atoms with Crippen LogP contribution in [0.15, 0.2) is 41.8 Å². The number of hydrogen-bond donors (Lipinski definition) is 1. The van der Waals surface area contributed by atoms with Gasteiger partial charge in [-0.15, -0.1) is 11.3 Å². The van der Waals surface area contributed by atoms with Crippen LogP contribution < -0.4 is 5.73 Å². The quantitative estimate of drug-likeness (QED) is 0.878. The number of primary amides is 1. The SMILES string of the molecule is NC(=O)C1(Cc2cccc(-c3cccs3)c2)CCN(C(=O)C2CCC2)C1. The van der Waals surface area contributed by atoms with Crippen LogP contribution in [0.2, 0.25) is 0 Å². The smallest absolute Gasteiger partial charge is 0.225 e. The largest absolute Gasteiger partial charge is 0.369 e. The maximum absolute atomic E-state index is 12.6. The maximum atomic E-state index is 12.6. The molecule has 1 saturated carbocycles. The number of likely N-dealkylation sites (tertiary alicyclic amines) is 1. The zero-order valence-electron chi connectivity index (χ0n) is 14.8. The number of hydrogen-bond acceptors (Lipinski definition) is 3. The summed E-state index contributed by atoms with van der Waals surface area (Å²) in [6.45, 7) is 1.10. The van der Waals surface area contributed by atoms with Gasteiger partial charge in [-0.25, -0.2) is 0 Å². The van der Waals surface area contributed by atoms with Crippen molar-refractivity contribution in [1.29, 1.82) is 0 Å². The monoisotopic (exact) mass is 368 g/mol. The predicted octanol–water partition coefficient (Wildman–Crippen LogP) is 3.46. The first-order valence-corrected chi connectivity index (χ1v) is 10.2. The van der Waals surface area contributed by atoms with Gasteiger partial charge in [0.1, 0.15) is 0 Å². The topological polar surface area (TPSA) is 63.4 Å². The fourth-order valence-corrected chi connectivity index (χ4v) is 4.80. The molecule has 1 saturated heterocycles. The van der Waals surface area contributed by atoms with E-state index in [-0.39, 0.29) is 17.7 Å². The highest BCUT2D eigenvalue weighted by molar-refractivity contribution is 7.13. The molecule has 26 heavy (non-hydrogen) atoms. The van der Waals surface area contributed by atoms with Crippen LogP contribution in [-0.2, 0) is 16.0 Å². The minimum atomic E-state index is -0.645. The average molecular weight is 369 g/mol. The van der Waals surface area contributed by atoms with Crippen molar-refractivity contribution in [3.8, 4) is 10.4 Å². The standard InChI is InChI=1S/C21H24N2O2S/c22-20(25)21(9-10-23(14-21)19(24)16-5-2-6-16)13-15-4-1-7-17(12-15)18-8-3-11-26-18/h1,3-4,7-8,11-12,16H,2,5-6,9-10,13-14H2,(H2,22,25). The molecule has 0 bridgehead atoms. The lowest BCUT2D eigenvalue weighted by Gasteiger charge is -2.31. The highest BCUT2D eigenvalue weighted by atomic mass is 32.1. The highest BCUT2D eigenvalue weighted by Crippen LogP contribution is 2.38. The number of thiophene rings is 1. The minimum Gasteiger partial charge on any atom is -0.369 e. The van der Waals surface area contributed by atoms with Crippen LogP contribution >= 0.6 is 11.3 Å². The van der Waals surface area contributed by atoms with Gasteiger partial charge in [0, 0.05) is 23.9 Å². The van der Waals surface area contributed by atoms with Crippen LogP contribution in [0.4, 0.5) is 0 Å². The molecule has 4 nitrogen and oxygen atoms in total. The molecule has 5 heteroatoms. The molecule has 0 spiro atoms. The van der Waals surface area contributed by atoms with Gasteiger partial charge in [0.25, 0.3) is 0 Å². The second-order valence-corrected chi connectivity index (χ2v) is 8.58. The van der Waals surface area contributed by atoms with Gasteiger partial charge in [0.15, 0.2) is 0 Å². The third-order valence-corrected chi connectivity index (χ3v) is 6.84. The van der Waals surface area contributed by atoms with Crippen LogP contribution in [0, 0.1) is 11.3 Å². The fourth-order valence-electron chi connectivity index (χ4n) is 4.07. The van der Waals surface area contributed by atoms with E-state index in [1.807, 2.05) is 17.0 Å². The van der Waals surface area contributed by atoms with Crippen molar-refractivity contribution in [2.24, 2.45) is 17.1 Å². The van der Waals surface area contributed by atoms with E-state index in [4.69, 9.17) is 5.73 Å². The van der Waals surface area contributed by atoms with Crippen molar-refractivity contribution in [3.63, 3.8) is 0 Å². The third kappa shape index (κ3) is 3.16. The van der Waals surface area contributed by atoms with Crippen LogP contribution in [0.1, 0.15) is 31.2 Å². The zero-order valence-corrected chi connectivity index (χ0v) is 15.6. The lowest BCUT2D eigenvalue weighted by molar-refractivity contribution is -0.138. The van der Waals surface area contributed by atoms with E-state index >= 15 is 0 Å². The Balaban J connectivity index is 1.53. The summed E-state index contributed by atoms with van der Waals surface area (Å²) in [4.78, 5) is 28.0. The molecule has 2 aromatic rings. The number of amides is 2. The fraction of sp³-hybridized carbons (Fsp3) is 0.429. The van der Waals surface area contributed by atoms with Crippen LogP contribution in [0.5, 0.6) is 0 Å². The lowest BCUT2D eigenvalue weighted by atomic mass is 9.79. The van der Waals surface area contributed by atoms with Gasteiger partial charge in [-0.1, -0.05) is 36.8 Å². The Morgan fingerprint density at radius 1 is 1.23 bits per heavy atom. The molecule has 2 fully saturated rings. The summed E-state index contributed by atoms with van der Waals surface area (Å²) in [5.74, 6) is 0.0930. The van der Waals surface area contributed by atoms with E-state index < -0.39 is 5.41 Å². The Labute approximate surface area is 158 Å². The van der Waals surface area contributed by atoms with E-state index in [9.17, 15) is 9.59 Å². The first kappa shape index (κ1) is 17.3. The Hall–Kier alpha value is -2.14. The molecular formula is C21H24N2O2S. The Morgan fingerprint density at radius 3 is 2.73 bits per heavy atom. The lowest BCUT2D eigenvalue weighted by Crippen LogP contribution is -2.44. The summed E-state index contributed by atoms with van der Waals surface area (Å²) in [7, 11) is 0. The summed E-state index contributed by atoms with van der Waals surface area (Å²) in [5, 5.41) is 2.06. The predicted molar refractivity (Wildman–Crippen MR) is 104 cm³/mol. The van der Waals surface area contributed by atoms with Gasteiger partial charge in [0.05, 0.1) is 5.41 Å². The Kier molecular flexibility index (Phi) is 4.57. The van der Waals surface area contributed by atoms with E-state index in [0.717, 1.165) is 30.4 Å². The molecule has 136 valence electrons. The zero-order chi connectivity index (χ0) is 18.1. The normalized spacial score (nSPS) is 23.0. The molecule has 2 amide bonds. The maximum Gasteiger partial charge on any atom is 0.225 e. The second-order valence-electron chi connectivity index (χ2n) is 7.64. The number of nitrogens with two attached hydrogens (primary N) is 1. The molecule has 2 N–H and O–H groups in total. The summed E-state index contributed by atoms with van der Waals surface area (Å²) in [6, 6.07) is 12.5. The molecule has 4 rings (SSSR count). The van der Waals surface area contributed by atoms with Crippen molar-refractivity contribution in [2.75, 3.05) is 13.1 Å². The number of rotatable bonds is 5. The van der Waals surface area contributed by atoms with E-state index in [1.165, 1.54) is 4.88 Å². The van der Waals surface area contributed by atoms with Gasteiger partial charge in [-0.2, -0.15) is 0 Å². The molecule has 2 heterocycles. The van der Waals surface area contributed by atoms with E-state index in [2.05, 4.69) is 29.6 Å². The Morgan fingerprint density at radius 2 is 2.08 bits per heavy atom. The molecule has 1 unspecified atom stereocenters. The van der Waals surface area contributed by atoms with Crippen molar-refractivity contribution in [1.82, 2.24) is 4.90 Å². The van der Waals surface area contributed by atoms with Crippen LogP contribution in [0.3, 0.4) is 0 Å². The van der Waals surface area contributed by atoms with Crippen molar-refractivity contribution in [2.45, 2.75) is 32.1 Å². The first-order valence-electron chi connectivity index (χ1n) is 9.29. The molecule has 1 aromatic carbocycles. The third-order valence-electron chi connectivity index (χ3n) is 5.92. The summed E-state index contributed by atoms with van der Waals surface area (Å²) in [5.41, 5.74) is 7.45. The Bertz CT molecular complexity index is 813. The van der Waals surface area contributed by atoms with Gasteiger partial charge in [0.2, 0.25) is 11.8 Å². The molecular weight excluding hydrogens is 344 g/mol. The molecule has 1 aliphatic heterocycles. The molecule has 1 aromatic heterocycles. The van der Waals surface area contributed by atoms with Gasteiger partial charge >= 0.3 is 0 Å². The number of nitrogens with zero attached hydrogens (tertiary/aromatic N) is 1. The molecule has 1 atom stereocenters. The van der Waals surface area contributed by atoms with E-state index in [0.29, 0.717) is 25.9 Å². The van der Waals surface area contributed by atoms with Crippen LogP contribution in [-0.4, -0.2) is 29.8 Å².